The van der Waals surface area contributed by atoms with Crippen molar-refractivity contribution >= 4 is 40.6 Å². The highest BCUT2D eigenvalue weighted by molar-refractivity contribution is 8.18. The van der Waals surface area contributed by atoms with Gasteiger partial charge >= 0.3 is 5.97 Å². The Bertz CT molecular complexity index is 984. The summed E-state index contributed by atoms with van der Waals surface area (Å²) < 4.78 is 0. The minimum absolute atomic E-state index is 0.00480. The Morgan fingerprint density at radius 3 is 2.52 bits per heavy atom. The minimum atomic E-state index is -1.09. The molecule has 1 aliphatic heterocycles. The van der Waals surface area contributed by atoms with Crippen LogP contribution in [-0.4, -0.2) is 32.0 Å². The van der Waals surface area contributed by atoms with Crippen molar-refractivity contribution in [2.24, 2.45) is 0 Å². The van der Waals surface area contributed by atoms with Gasteiger partial charge in [-0.05, 0) is 41.1 Å². The Morgan fingerprint density at radius 2 is 1.89 bits per heavy atom. The van der Waals surface area contributed by atoms with Gasteiger partial charge in [0.05, 0.1) is 21.9 Å². The molecule has 2 amide bonds. The van der Waals surface area contributed by atoms with E-state index < -0.39 is 22.0 Å². The molecule has 0 unspecified atom stereocenters. The van der Waals surface area contributed by atoms with Crippen LogP contribution in [0.25, 0.3) is 6.08 Å². The van der Waals surface area contributed by atoms with Gasteiger partial charge in [0.2, 0.25) is 0 Å². The number of carbonyl (C=O) groups excluding carboxylic acids is 2. The van der Waals surface area contributed by atoms with Crippen LogP contribution in [0.5, 0.6) is 0 Å². The molecule has 136 valence electrons. The maximum Gasteiger partial charge on any atom is 0.335 e. The van der Waals surface area contributed by atoms with Crippen LogP contribution in [-0.2, 0) is 11.3 Å². The summed E-state index contributed by atoms with van der Waals surface area (Å²) >= 11 is 0.761. The molecule has 0 spiro atoms. The number of nitrogens with zero attached hydrogens (tertiary/aromatic N) is 2. The molecular weight excluding hydrogens is 372 g/mol. The Labute approximate surface area is 157 Å². The second-order valence-corrected chi connectivity index (χ2v) is 6.62. The maximum atomic E-state index is 12.5. The number of hydrogen-bond donors (Lipinski definition) is 1. The van der Waals surface area contributed by atoms with Gasteiger partial charge in [0.25, 0.3) is 16.8 Å². The van der Waals surface area contributed by atoms with Crippen LogP contribution < -0.4 is 0 Å². The molecule has 0 radical (unpaired) electrons. The van der Waals surface area contributed by atoms with Crippen molar-refractivity contribution in [3.05, 3.63) is 80.2 Å². The van der Waals surface area contributed by atoms with Gasteiger partial charge in [0, 0.05) is 12.1 Å². The van der Waals surface area contributed by atoms with Crippen LogP contribution in [0.15, 0.2) is 53.4 Å². The number of non-ortho nitro benzene ring substituents is 1. The number of aromatic carboxylic acids is 1. The highest BCUT2D eigenvalue weighted by Crippen LogP contribution is 2.33. The fraction of sp³-hybridized carbons (Fsp3) is 0.0556. The Kier molecular flexibility index (Phi) is 5.04. The highest BCUT2D eigenvalue weighted by atomic mass is 32.2. The molecule has 2 aromatic carbocycles. The first-order valence-electron chi connectivity index (χ1n) is 7.67. The van der Waals surface area contributed by atoms with Gasteiger partial charge in [-0.25, -0.2) is 4.79 Å². The summed E-state index contributed by atoms with van der Waals surface area (Å²) in [5.74, 6) is -1.58. The minimum Gasteiger partial charge on any atom is -0.478 e. The summed E-state index contributed by atoms with van der Waals surface area (Å²) in [6.45, 7) is -0.00480. The smallest absolute Gasteiger partial charge is 0.335 e. The number of rotatable bonds is 5. The van der Waals surface area contributed by atoms with E-state index in [2.05, 4.69) is 0 Å². The molecule has 9 heteroatoms. The van der Waals surface area contributed by atoms with Crippen LogP contribution in [0.1, 0.15) is 21.5 Å². The highest BCUT2D eigenvalue weighted by Gasteiger charge is 2.35. The van der Waals surface area contributed by atoms with Gasteiger partial charge in [0.1, 0.15) is 0 Å². The first kappa shape index (κ1) is 18.3. The first-order valence-corrected chi connectivity index (χ1v) is 8.49. The summed E-state index contributed by atoms with van der Waals surface area (Å²) in [6.07, 6.45) is 1.47. The van der Waals surface area contributed by atoms with Gasteiger partial charge in [0.15, 0.2) is 0 Å². The summed E-state index contributed by atoms with van der Waals surface area (Å²) in [6, 6.07) is 11.6. The van der Waals surface area contributed by atoms with Crippen molar-refractivity contribution in [2.45, 2.75) is 6.54 Å². The van der Waals surface area contributed by atoms with Crippen molar-refractivity contribution in [2.75, 3.05) is 0 Å². The number of carboxylic acid groups (broad SMARTS) is 1. The lowest BCUT2D eigenvalue weighted by atomic mass is 10.1. The van der Waals surface area contributed by atoms with E-state index in [0.29, 0.717) is 11.1 Å². The number of hydrogen-bond acceptors (Lipinski definition) is 6. The largest absolute Gasteiger partial charge is 0.478 e. The summed E-state index contributed by atoms with van der Waals surface area (Å²) in [7, 11) is 0. The summed E-state index contributed by atoms with van der Waals surface area (Å²) in [5.41, 5.74) is 1.08. The monoisotopic (exact) mass is 384 g/mol. The van der Waals surface area contributed by atoms with E-state index in [1.54, 1.807) is 12.1 Å². The number of carboxylic acids is 1. The van der Waals surface area contributed by atoms with Crippen LogP contribution >= 0.6 is 11.8 Å². The van der Waals surface area contributed by atoms with E-state index in [0.717, 1.165) is 16.7 Å². The zero-order chi connectivity index (χ0) is 19.6. The van der Waals surface area contributed by atoms with Crippen molar-refractivity contribution < 1.29 is 24.4 Å². The molecule has 1 N–H and O–H groups in total. The third-order valence-corrected chi connectivity index (χ3v) is 4.70. The lowest BCUT2D eigenvalue weighted by Gasteiger charge is -2.12. The fourth-order valence-corrected chi connectivity index (χ4v) is 3.29. The number of imide groups is 1. The topological polar surface area (TPSA) is 118 Å². The van der Waals surface area contributed by atoms with Gasteiger partial charge in [-0.15, -0.1) is 0 Å². The van der Waals surface area contributed by atoms with Gasteiger partial charge in [-0.1, -0.05) is 24.3 Å². The second-order valence-electron chi connectivity index (χ2n) is 5.62. The number of nitro benzene ring substituents is 1. The molecule has 1 aliphatic rings. The lowest BCUT2D eigenvalue weighted by Crippen LogP contribution is -2.27. The van der Waals surface area contributed by atoms with Gasteiger partial charge < -0.3 is 5.11 Å². The number of carbonyl (C=O) groups is 3. The average Bonchev–Trinajstić information content (AvgIpc) is 2.90. The van der Waals surface area contributed by atoms with Crippen molar-refractivity contribution in [1.82, 2.24) is 4.90 Å². The van der Waals surface area contributed by atoms with Crippen LogP contribution in [0, 0.1) is 10.1 Å². The number of benzene rings is 2. The van der Waals surface area contributed by atoms with E-state index in [-0.39, 0.29) is 22.7 Å². The predicted octanol–water partition coefficient (Wildman–Crippen LogP) is 3.53. The van der Waals surface area contributed by atoms with E-state index >= 15 is 0 Å². The van der Waals surface area contributed by atoms with Crippen molar-refractivity contribution in [1.29, 1.82) is 0 Å². The third-order valence-electron chi connectivity index (χ3n) is 3.79. The Balaban J connectivity index is 1.79. The van der Waals surface area contributed by atoms with E-state index in [4.69, 9.17) is 5.11 Å². The number of nitro groups is 1. The molecule has 1 saturated heterocycles. The Morgan fingerprint density at radius 1 is 1.19 bits per heavy atom. The predicted molar refractivity (Wildman–Crippen MR) is 98.0 cm³/mol. The fourth-order valence-electron chi connectivity index (χ4n) is 2.45. The molecule has 27 heavy (non-hydrogen) atoms. The summed E-state index contributed by atoms with van der Waals surface area (Å²) in [4.78, 5) is 47.1. The van der Waals surface area contributed by atoms with Crippen molar-refractivity contribution in [3.63, 3.8) is 0 Å². The zero-order valence-electron chi connectivity index (χ0n) is 13.7. The van der Waals surface area contributed by atoms with Crippen LogP contribution in [0.3, 0.4) is 0 Å². The van der Waals surface area contributed by atoms with Gasteiger partial charge in [-0.2, -0.15) is 0 Å². The molecule has 1 fully saturated rings. The normalized spacial score (nSPS) is 15.4. The molecule has 1 heterocycles. The molecule has 0 atom stereocenters. The van der Waals surface area contributed by atoms with E-state index in [1.807, 2.05) is 0 Å². The zero-order valence-corrected chi connectivity index (χ0v) is 14.5. The lowest BCUT2D eigenvalue weighted by molar-refractivity contribution is -0.384. The molecule has 0 saturated carbocycles. The number of amides is 2. The average molecular weight is 384 g/mol. The maximum absolute atomic E-state index is 12.5. The quantitative estimate of drug-likeness (QED) is 0.476. The SMILES string of the molecule is O=C(O)c1cccc(/C=C2\SC(=O)N(Cc3ccc([N+](=O)[O-])cc3)C2=O)c1. The third kappa shape index (κ3) is 4.04. The Hall–Kier alpha value is -3.46. The molecule has 3 rings (SSSR count). The van der Waals surface area contributed by atoms with Gasteiger partial charge in [-0.3, -0.25) is 24.6 Å². The molecule has 8 nitrogen and oxygen atoms in total. The van der Waals surface area contributed by atoms with Crippen molar-refractivity contribution in [3.8, 4) is 0 Å². The standard InChI is InChI=1S/C18H12N2O6S/c21-16-15(9-12-2-1-3-13(8-12)17(22)23)27-18(24)19(16)10-11-4-6-14(7-5-11)20(25)26/h1-9H,10H2,(H,22,23)/b15-9-. The van der Waals surface area contributed by atoms with Crippen LogP contribution in [0.4, 0.5) is 10.5 Å². The van der Waals surface area contributed by atoms with E-state index in [9.17, 15) is 24.5 Å². The molecule has 2 aromatic rings. The number of thioether (sulfide) groups is 1. The van der Waals surface area contributed by atoms with E-state index in [1.165, 1.54) is 42.5 Å². The second kappa shape index (κ2) is 7.42. The molecular formula is C18H12N2O6S. The molecule has 0 bridgehead atoms. The summed E-state index contributed by atoms with van der Waals surface area (Å²) in [5, 5.41) is 19.3. The van der Waals surface area contributed by atoms with Crippen LogP contribution in [0.2, 0.25) is 0 Å². The molecule has 0 aliphatic carbocycles. The molecule has 0 aromatic heterocycles. The first-order chi connectivity index (χ1) is 12.8.